The molecule has 1 aliphatic rings. The average Bonchev–Trinajstić information content (AvgIpc) is 2.64. The second-order valence-corrected chi connectivity index (χ2v) is 7.48. The molecule has 2 aromatic rings. The molecule has 2 heterocycles. The van der Waals surface area contributed by atoms with E-state index in [2.05, 4.69) is 15.3 Å². The third-order valence-electron chi connectivity index (χ3n) is 4.30. The van der Waals surface area contributed by atoms with Gasteiger partial charge in [-0.15, -0.1) is 0 Å². The number of halogens is 6. The average molecular weight is 481 g/mol. The van der Waals surface area contributed by atoms with Crippen molar-refractivity contribution in [2.75, 3.05) is 11.9 Å². The summed E-state index contributed by atoms with van der Waals surface area (Å²) in [5.41, 5.74) is 2.76. The number of rotatable bonds is 3. The van der Waals surface area contributed by atoms with Crippen molar-refractivity contribution in [1.29, 1.82) is 0 Å². The minimum atomic E-state index is -4.86. The maximum atomic E-state index is 14.5. The predicted molar refractivity (Wildman–Crippen MR) is 105 cm³/mol. The van der Waals surface area contributed by atoms with E-state index in [9.17, 15) is 22.4 Å². The van der Waals surface area contributed by atoms with Crippen LogP contribution in [-0.4, -0.2) is 35.8 Å². The van der Waals surface area contributed by atoms with Crippen LogP contribution in [-0.2, 0) is 10.3 Å². The molecule has 166 valence electrons. The Morgan fingerprint density at radius 3 is 2.71 bits per heavy atom. The zero-order valence-corrected chi connectivity index (χ0v) is 17.1. The van der Waals surface area contributed by atoms with E-state index in [0.29, 0.717) is 0 Å². The highest BCUT2D eigenvalue weighted by molar-refractivity contribution is 6.35. The van der Waals surface area contributed by atoms with Gasteiger partial charge < -0.3 is 15.2 Å². The Morgan fingerprint density at radius 2 is 2.06 bits per heavy atom. The van der Waals surface area contributed by atoms with Crippen LogP contribution in [0.4, 0.5) is 28.0 Å². The first-order chi connectivity index (χ1) is 14.4. The van der Waals surface area contributed by atoms with Gasteiger partial charge in [-0.1, -0.05) is 23.2 Å². The van der Waals surface area contributed by atoms with E-state index in [-0.39, 0.29) is 27.4 Å². The highest BCUT2D eigenvalue weighted by atomic mass is 35.5. The third-order valence-corrected chi connectivity index (χ3v) is 4.78. The van der Waals surface area contributed by atoms with Gasteiger partial charge in [0.25, 0.3) is 0 Å². The molecule has 3 rings (SSSR count). The van der Waals surface area contributed by atoms with E-state index in [4.69, 9.17) is 38.4 Å². The molecule has 2 atom stereocenters. The lowest BCUT2D eigenvalue weighted by atomic mass is 9.84. The molecule has 1 aliphatic heterocycles. The van der Waals surface area contributed by atoms with E-state index < -0.39 is 41.9 Å². The Kier molecular flexibility index (Phi) is 6.30. The lowest BCUT2D eigenvalue weighted by molar-refractivity contribution is -0.238. The molecular formula is C18H14Cl2F4N4O3. The summed E-state index contributed by atoms with van der Waals surface area (Å²) in [6.45, 7) is 0.482. The number of carbonyl (C=O) groups excluding carboxylic acids is 1. The SMILES string of the molecule is CC1(c2cc(NC(=O)Oc3ncc(Cl)cc3Cl)ccc2F)N=C(N)COC1C(F)(F)F. The number of hydrogen-bond donors (Lipinski definition) is 2. The fourth-order valence-corrected chi connectivity index (χ4v) is 3.45. The zero-order chi connectivity index (χ0) is 23.0. The molecule has 7 nitrogen and oxygen atoms in total. The second-order valence-electron chi connectivity index (χ2n) is 6.63. The number of nitrogens with two attached hydrogens (primary N) is 1. The first kappa shape index (κ1) is 23.0. The molecule has 13 heteroatoms. The van der Waals surface area contributed by atoms with Crippen molar-refractivity contribution >= 4 is 40.8 Å². The monoisotopic (exact) mass is 480 g/mol. The number of anilines is 1. The fraction of sp³-hybridized carbons (Fsp3) is 0.278. The van der Waals surface area contributed by atoms with Gasteiger partial charge in [0.15, 0.2) is 6.10 Å². The maximum Gasteiger partial charge on any atom is 0.418 e. The van der Waals surface area contributed by atoms with Crippen LogP contribution in [0.3, 0.4) is 0 Å². The number of aliphatic imine (C=N–C) groups is 1. The number of ether oxygens (including phenoxy) is 2. The van der Waals surface area contributed by atoms with Crippen LogP contribution in [0.1, 0.15) is 12.5 Å². The van der Waals surface area contributed by atoms with Gasteiger partial charge in [0, 0.05) is 17.4 Å². The summed E-state index contributed by atoms with van der Waals surface area (Å²) in [5.74, 6) is -1.49. The molecule has 3 N–H and O–H groups in total. The summed E-state index contributed by atoms with van der Waals surface area (Å²) < 4.78 is 64.9. The van der Waals surface area contributed by atoms with Crippen molar-refractivity contribution in [2.45, 2.75) is 24.7 Å². The van der Waals surface area contributed by atoms with Gasteiger partial charge >= 0.3 is 12.3 Å². The number of amidine groups is 1. The van der Waals surface area contributed by atoms with Gasteiger partial charge in [-0.2, -0.15) is 13.2 Å². The number of hydrogen-bond acceptors (Lipinski definition) is 6. The molecule has 0 spiro atoms. The summed E-state index contributed by atoms with van der Waals surface area (Å²) in [7, 11) is 0. The standard InChI is InChI=1S/C18H14Cl2F4N4O3/c1-17(15(18(22,23)24)30-7-13(25)28-17)10-5-9(2-3-12(10)21)27-16(29)31-14-11(20)4-8(19)6-26-14/h2-6,15H,7H2,1H3,(H2,25,28)(H,27,29). The van der Waals surface area contributed by atoms with Gasteiger partial charge in [-0.25, -0.2) is 14.2 Å². The number of carbonyl (C=O) groups is 1. The first-order valence-electron chi connectivity index (χ1n) is 8.52. The van der Waals surface area contributed by atoms with Crippen molar-refractivity contribution in [1.82, 2.24) is 4.98 Å². The van der Waals surface area contributed by atoms with Crippen molar-refractivity contribution in [3.63, 3.8) is 0 Å². The van der Waals surface area contributed by atoms with E-state index in [1.807, 2.05) is 0 Å². The number of aromatic nitrogens is 1. The molecule has 0 saturated carbocycles. The lowest BCUT2D eigenvalue weighted by Crippen LogP contribution is -2.53. The Morgan fingerprint density at radius 1 is 1.35 bits per heavy atom. The molecule has 0 saturated heterocycles. The number of amides is 1. The highest BCUT2D eigenvalue weighted by Gasteiger charge is 2.56. The molecule has 1 amide bonds. The number of nitrogens with zero attached hydrogens (tertiary/aromatic N) is 2. The van der Waals surface area contributed by atoms with Gasteiger partial charge in [-0.3, -0.25) is 10.3 Å². The Bertz CT molecular complexity index is 1050. The van der Waals surface area contributed by atoms with Crippen LogP contribution in [0.5, 0.6) is 5.88 Å². The third kappa shape index (κ3) is 5.00. The van der Waals surface area contributed by atoms with Gasteiger partial charge in [-0.05, 0) is 31.2 Å². The van der Waals surface area contributed by atoms with Crippen molar-refractivity contribution < 1.29 is 31.8 Å². The number of alkyl halides is 3. The normalized spacial score (nSPS) is 21.4. The Balaban J connectivity index is 1.90. The topological polar surface area (TPSA) is 98.8 Å². The molecule has 2 unspecified atom stereocenters. The molecule has 1 aromatic heterocycles. The van der Waals surface area contributed by atoms with Crippen molar-refractivity contribution in [3.05, 3.63) is 51.9 Å². The first-order valence-corrected chi connectivity index (χ1v) is 9.28. The summed E-state index contributed by atoms with van der Waals surface area (Å²) in [6.07, 6.45) is -7.20. The van der Waals surface area contributed by atoms with Crippen LogP contribution in [0.2, 0.25) is 10.0 Å². The van der Waals surface area contributed by atoms with Crippen molar-refractivity contribution in [2.24, 2.45) is 10.7 Å². The minimum Gasteiger partial charge on any atom is -0.389 e. The maximum absolute atomic E-state index is 14.5. The molecule has 0 bridgehead atoms. The second kappa shape index (κ2) is 8.48. The van der Waals surface area contributed by atoms with E-state index >= 15 is 0 Å². The van der Waals surface area contributed by atoms with Crippen LogP contribution in [0.15, 0.2) is 35.5 Å². The summed E-state index contributed by atoms with van der Waals surface area (Å²) in [4.78, 5) is 19.7. The van der Waals surface area contributed by atoms with Gasteiger partial charge in [0.1, 0.15) is 28.8 Å². The Hall–Kier alpha value is -2.63. The summed E-state index contributed by atoms with van der Waals surface area (Å²) in [6, 6.07) is 4.27. The zero-order valence-electron chi connectivity index (χ0n) is 15.6. The van der Waals surface area contributed by atoms with Gasteiger partial charge in [0.2, 0.25) is 5.88 Å². The molecule has 0 radical (unpaired) electrons. The van der Waals surface area contributed by atoms with Gasteiger partial charge in [0.05, 0.1) is 5.02 Å². The smallest absolute Gasteiger partial charge is 0.389 e. The molecule has 0 fully saturated rings. The van der Waals surface area contributed by atoms with E-state index in [1.165, 1.54) is 12.3 Å². The lowest BCUT2D eigenvalue weighted by Gasteiger charge is -2.39. The fourth-order valence-electron chi connectivity index (χ4n) is 3.03. The molecule has 1 aromatic carbocycles. The van der Waals surface area contributed by atoms with Crippen LogP contribution < -0.4 is 15.8 Å². The molecule has 31 heavy (non-hydrogen) atoms. The van der Waals surface area contributed by atoms with Crippen LogP contribution in [0.25, 0.3) is 0 Å². The number of benzene rings is 1. The summed E-state index contributed by atoms with van der Waals surface area (Å²) in [5, 5.41) is 2.42. The molecular weight excluding hydrogens is 467 g/mol. The van der Waals surface area contributed by atoms with E-state index in [0.717, 1.165) is 25.1 Å². The van der Waals surface area contributed by atoms with Crippen molar-refractivity contribution in [3.8, 4) is 5.88 Å². The Labute approximate surface area is 183 Å². The number of pyridine rings is 1. The quantitative estimate of drug-likeness (QED) is 0.621. The van der Waals surface area contributed by atoms with E-state index in [1.54, 1.807) is 0 Å². The highest BCUT2D eigenvalue weighted by Crippen LogP contribution is 2.43. The van der Waals surface area contributed by atoms with Crippen LogP contribution in [0, 0.1) is 5.82 Å². The predicted octanol–water partition coefficient (Wildman–Crippen LogP) is 4.67. The number of nitrogens with one attached hydrogen (secondary N) is 1. The summed E-state index contributed by atoms with van der Waals surface area (Å²) >= 11 is 11.6. The molecule has 0 aliphatic carbocycles. The largest absolute Gasteiger partial charge is 0.418 e. The van der Waals surface area contributed by atoms with Crippen LogP contribution >= 0.6 is 23.2 Å². The minimum absolute atomic E-state index is 0.0489.